The fraction of sp³-hybridized carbons (Fsp3) is 0.500. The number of carbonyl (C=O) groups excluding carboxylic acids is 1. The highest BCUT2D eigenvalue weighted by Crippen LogP contribution is 2.17. The Morgan fingerprint density at radius 1 is 1.24 bits per heavy atom. The average molecular weight is 397 g/mol. The SMILES string of the molecule is CCC(CCNC(=NC)NCCc1ccc(-n2cccn2)cc1)N1CCCC1=O. The Labute approximate surface area is 173 Å². The number of benzene rings is 1. The molecule has 29 heavy (non-hydrogen) atoms. The van der Waals surface area contributed by atoms with Gasteiger partial charge >= 0.3 is 0 Å². The van der Waals surface area contributed by atoms with Crippen molar-refractivity contribution in [2.45, 2.75) is 45.1 Å². The number of hydrogen-bond donors (Lipinski definition) is 2. The van der Waals surface area contributed by atoms with E-state index in [1.54, 1.807) is 13.2 Å². The minimum Gasteiger partial charge on any atom is -0.356 e. The second-order valence-corrected chi connectivity index (χ2v) is 7.33. The van der Waals surface area contributed by atoms with Gasteiger partial charge in [-0.05, 0) is 49.4 Å². The van der Waals surface area contributed by atoms with Crippen molar-refractivity contribution in [2.24, 2.45) is 4.99 Å². The van der Waals surface area contributed by atoms with E-state index in [0.29, 0.717) is 18.4 Å². The molecule has 0 bridgehead atoms. The van der Waals surface area contributed by atoms with Gasteiger partial charge in [-0.15, -0.1) is 0 Å². The van der Waals surface area contributed by atoms with E-state index in [-0.39, 0.29) is 0 Å². The van der Waals surface area contributed by atoms with Crippen molar-refractivity contribution in [1.82, 2.24) is 25.3 Å². The normalized spacial score (nSPS) is 15.6. The lowest BCUT2D eigenvalue weighted by Crippen LogP contribution is -2.42. The van der Waals surface area contributed by atoms with Gasteiger partial charge in [0.05, 0.1) is 5.69 Å². The van der Waals surface area contributed by atoms with Gasteiger partial charge < -0.3 is 15.5 Å². The Balaban J connectivity index is 1.38. The summed E-state index contributed by atoms with van der Waals surface area (Å²) in [7, 11) is 1.79. The Morgan fingerprint density at radius 2 is 2.03 bits per heavy atom. The molecule has 1 aromatic heterocycles. The molecule has 2 N–H and O–H groups in total. The summed E-state index contributed by atoms with van der Waals surface area (Å²) in [5.41, 5.74) is 2.33. The minimum atomic E-state index is 0.304. The maximum absolute atomic E-state index is 12.0. The molecule has 0 spiro atoms. The molecule has 3 rings (SSSR count). The van der Waals surface area contributed by atoms with Crippen molar-refractivity contribution in [1.29, 1.82) is 0 Å². The predicted octanol–water partition coefficient (Wildman–Crippen LogP) is 2.37. The van der Waals surface area contributed by atoms with E-state index >= 15 is 0 Å². The van der Waals surface area contributed by atoms with Crippen LogP contribution in [0.3, 0.4) is 0 Å². The molecule has 1 aliphatic rings. The van der Waals surface area contributed by atoms with Gasteiger partial charge in [-0.1, -0.05) is 19.1 Å². The van der Waals surface area contributed by atoms with Gasteiger partial charge in [-0.3, -0.25) is 9.79 Å². The summed E-state index contributed by atoms with van der Waals surface area (Å²) >= 11 is 0. The monoisotopic (exact) mass is 396 g/mol. The zero-order chi connectivity index (χ0) is 20.5. The minimum absolute atomic E-state index is 0.304. The predicted molar refractivity (Wildman–Crippen MR) is 116 cm³/mol. The lowest BCUT2D eigenvalue weighted by Gasteiger charge is -2.27. The van der Waals surface area contributed by atoms with Gasteiger partial charge in [-0.25, -0.2) is 4.68 Å². The third-order valence-corrected chi connectivity index (χ3v) is 5.43. The van der Waals surface area contributed by atoms with E-state index in [0.717, 1.165) is 57.0 Å². The van der Waals surface area contributed by atoms with Crippen LogP contribution in [0.15, 0.2) is 47.7 Å². The largest absolute Gasteiger partial charge is 0.356 e. The van der Waals surface area contributed by atoms with E-state index in [4.69, 9.17) is 0 Å². The Bertz CT molecular complexity index is 784. The number of nitrogens with one attached hydrogen (secondary N) is 2. The number of nitrogens with zero attached hydrogens (tertiary/aromatic N) is 4. The van der Waals surface area contributed by atoms with Crippen LogP contribution < -0.4 is 10.6 Å². The quantitative estimate of drug-likeness (QED) is 0.504. The first-order valence-electron chi connectivity index (χ1n) is 10.5. The number of guanidine groups is 1. The van der Waals surface area contributed by atoms with E-state index in [2.05, 4.69) is 51.9 Å². The third kappa shape index (κ3) is 5.82. The van der Waals surface area contributed by atoms with Crippen LogP contribution in [0, 0.1) is 0 Å². The molecule has 0 saturated carbocycles. The van der Waals surface area contributed by atoms with Gasteiger partial charge in [-0.2, -0.15) is 5.10 Å². The van der Waals surface area contributed by atoms with E-state index in [1.807, 2.05) is 21.8 Å². The number of aliphatic imine (C=N–C) groups is 1. The third-order valence-electron chi connectivity index (χ3n) is 5.43. The number of hydrogen-bond acceptors (Lipinski definition) is 3. The highest BCUT2D eigenvalue weighted by atomic mass is 16.2. The lowest BCUT2D eigenvalue weighted by atomic mass is 10.1. The zero-order valence-electron chi connectivity index (χ0n) is 17.5. The van der Waals surface area contributed by atoms with Crippen molar-refractivity contribution >= 4 is 11.9 Å². The van der Waals surface area contributed by atoms with Crippen LogP contribution in [0.5, 0.6) is 0 Å². The molecule has 2 heterocycles. The zero-order valence-corrected chi connectivity index (χ0v) is 17.5. The van der Waals surface area contributed by atoms with Gasteiger partial charge in [0.15, 0.2) is 5.96 Å². The van der Waals surface area contributed by atoms with E-state index in [1.165, 1.54) is 5.56 Å². The molecule has 1 atom stereocenters. The molecule has 7 heteroatoms. The molecule has 1 saturated heterocycles. The van der Waals surface area contributed by atoms with Gasteiger partial charge in [0.2, 0.25) is 5.91 Å². The molecular formula is C22H32N6O. The van der Waals surface area contributed by atoms with Gasteiger partial charge in [0.25, 0.3) is 0 Å². The Hall–Kier alpha value is -2.83. The molecule has 156 valence electrons. The number of rotatable bonds is 9. The smallest absolute Gasteiger partial charge is 0.222 e. The van der Waals surface area contributed by atoms with Crippen LogP contribution in [0.2, 0.25) is 0 Å². The fourth-order valence-electron chi connectivity index (χ4n) is 3.78. The standard InChI is InChI=1S/C22H32N6O/c1-3-19(27-16-4-6-21(27)29)12-15-25-22(23-2)24-14-11-18-7-9-20(10-8-18)28-17-5-13-26-28/h5,7-10,13,17,19H,3-4,6,11-12,14-16H2,1-2H3,(H2,23,24,25). The summed E-state index contributed by atoms with van der Waals surface area (Å²) in [5, 5.41) is 11.0. The maximum Gasteiger partial charge on any atom is 0.222 e. The summed E-state index contributed by atoms with van der Waals surface area (Å²) < 4.78 is 1.85. The molecule has 7 nitrogen and oxygen atoms in total. The Kier molecular flexibility index (Phi) is 7.67. The van der Waals surface area contributed by atoms with E-state index in [9.17, 15) is 4.79 Å². The van der Waals surface area contributed by atoms with Crippen LogP contribution >= 0.6 is 0 Å². The second-order valence-electron chi connectivity index (χ2n) is 7.33. The van der Waals surface area contributed by atoms with Crippen molar-refractivity contribution < 1.29 is 4.79 Å². The maximum atomic E-state index is 12.0. The molecule has 1 fully saturated rings. The average Bonchev–Trinajstić information content (AvgIpc) is 3.43. The van der Waals surface area contributed by atoms with Crippen molar-refractivity contribution in [3.05, 3.63) is 48.3 Å². The molecule has 1 aromatic carbocycles. The number of aromatic nitrogens is 2. The highest BCUT2D eigenvalue weighted by Gasteiger charge is 2.26. The first kappa shape index (κ1) is 20.9. The number of carbonyl (C=O) groups is 1. The summed E-state index contributed by atoms with van der Waals surface area (Å²) in [6.07, 6.45) is 8.27. The van der Waals surface area contributed by atoms with Crippen LogP contribution in [0.25, 0.3) is 5.69 Å². The second kappa shape index (κ2) is 10.6. The molecule has 1 unspecified atom stereocenters. The van der Waals surface area contributed by atoms with Crippen LogP contribution in [0.1, 0.15) is 38.2 Å². The summed E-state index contributed by atoms with van der Waals surface area (Å²) in [6.45, 7) is 4.67. The first-order chi connectivity index (χ1) is 14.2. The van der Waals surface area contributed by atoms with Gasteiger partial charge in [0.1, 0.15) is 0 Å². The summed E-state index contributed by atoms with van der Waals surface area (Å²) in [4.78, 5) is 18.3. The van der Waals surface area contributed by atoms with Crippen LogP contribution in [0.4, 0.5) is 0 Å². The fourth-order valence-corrected chi connectivity index (χ4v) is 3.78. The van der Waals surface area contributed by atoms with Crippen molar-refractivity contribution in [3.63, 3.8) is 0 Å². The summed E-state index contributed by atoms with van der Waals surface area (Å²) in [6, 6.07) is 10.7. The van der Waals surface area contributed by atoms with Crippen LogP contribution in [-0.4, -0.2) is 59.3 Å². The molecule has 0 radical (unpaired) electrons. The molecule has 1 amide bonds. The van der Waals surface area contributed by atoms with E-state index < -0.39 is 0 Å². The summed E-state index contributed by atoms with van der Waals surface area (Å²) in [5.74, 6) is 1.11. The Morgan fingerprint density at radius 3 is 2.66 bits per heavy atom. The topological polar surface area (TPSA) is 74.6 Å². The van der Waals surface area contributed by atoms with Gasteiger partial charge in [0, 0.05) is 51.5 Å². The number of amides is 1. The molecule has 1 aliphatic heterocycles. The molecule has 2 aromatic rings. The van der Waals surface area contributed by atoms with Crippen molar-refractivity contribution in [3.8, 4) is 5.69 Å². The van der Waals surface area contributed by atoms with Crippen molar-refractivity contribution in [2.75, 3.05) is 26.7 Å². The van der Waals surface area contributed by atoms with Crippen LogP contribution in [-0.2, 0) is 11.2 Å². The first-order valence-corrected chi connectivity index (χ1v) is 10.5. The lowest BCUT2D eigenvalue weighted by molar-refractivity contribution is -0.129. The molecule has 0 aliphatic carbocycles. The molecular weight excluding hydrogens is 364 g/mol. The number of likely N-dealkylation sites (tertiary alicyclic amines) is 1. The highest BCUT2D eigenvalue weighted by molar-refractivity contribution is 5.79.